The number of aliphatic hydroxyl groups is 2. The van der Waals surface area contributed by atoms with Gasteiger partial charge in [-0.25, -0.2) is 0 Å². The first-order valence-corrected chi connectivity index (χ1v) is 6.97. The minimum Gasteiger partial charge on any atom is -0.390 e. The van der Waals surface area contributed by atoms with E-state index < -0.39 is 11.7 Å². The summed E-state index contributed by atoms with van der Waals surface area (Å²) in [5, 5.41) is 20.0. The van der Waals surface area contributed by atoms with Gasteiger partial charge < -0.3 is 14.9 Å². The van der Waals surface area contributed by atoms with Gasteiger partial charge in [0.2, 0.25) is 0 Å². The predicted molar refractivity (Wildman–Crippen MR) is 71.3 cm³/mol. The average Bonchev–Trinajstić information content (AvgIpc) is 2.55. The van der Waals surface area contributed by atoms with Gasteiger partial charge in [-0.15, -0.1) is 0 Å². The minimum absolute atomic E-state index is 0.237. The molecule has 0 aromatic heterocycles. The van der Waals surface area contributed by atoms with Gasteiger partial charge in [-0.1, -0.05) is 6.58 Å². The first-order chi connectivity index (χ1) is 8.23. The van der Waals surface area contributed by atoms with Crippen molar-refractivity contribution in [3.63, 3.8) is 0 Å². The van der Waals surface area contributed by atoms with E-state index in [1.54, 1.807) is 0 Å². The molecule has 3 heteroatoms. The van der Waals surface area contributed by atoms with Crippen LogP contribution >= 0.6 is 0 Å². The van der Waals surface area contributed by atoms with Gasteiger partial charge in [0.05, 0.1) is 23.4 Å². The molecule has 0 aromatic carbocycles. The Labute approximate surface area is 110 Å². The third-order valence-electron chi connectivity index (χ3n) is 4.65. The van der Waals surface area contributed by atoms with Crippen LogP contribution in [0.4, 0.5) is 0 Å². The summed E-state index contributed by atoms with van der Waals surface area (Å²) in [6.07, 6.45) is 3.63. The molecule has 2 aliphatic rings. The summed E-state index contributed by atoms with van der Waals surface area (Å²) >= 11 is 0. The molecule has 2 N–H and O–H groups in total. The Balaban J connectivity index is 2.02. The van der Waals surface area contributed by atoms with Crippen LogP contribution in [0.15, 0.2) is 12.2 Å². The second kappa shape index (κ2) is 4.62. The van der Waals surface area contributed by atoms with Crippen molar-refractivity contribution in [2.45, 2.75) is 76.3 Å². The van der Waals surface area contributed by atoms with Crippen LogP contribution in [0, 0.1) is 5.92 Å². The quantitative estimate of drug-likeness (QED) is 0.744. The summed E-state index contributed by atoms with van der Waals surface area (Å²) in [6.45, 7) is 9.90. The SMILES string of the molecule is C=C1CC[C@@H](C[C@]2(C)CC[C@@H](O)C(C)(C)O2)[C@H]1O. The molecule has 104 valence electrons. The van der Waals surface area contributed by atoms with Crippen LogP contribution < -0.4 is 0 Å². The van der Waals surface area contributed by atoms with Crippen LogP contribution in [0.3, 0.4) is 0 Å². The molecule has 2 fully saturated rings. The Bertz CT molecular complexity index is 337. The molecule has 4 atom stereocenters. The molecule has 2 rings (SSSR count). The van der Waals surface area contributed by atoms with Crippen LogP contribution in [-0.4, -0.2) is 33.6 Å². The molecule has 3 nitrogen and oxygen atoms in total. The topological polar surface area (TPSA) is 49.7 Å². The molecule has 1 heterocycles. The number of rotatable bonds is 2. The van der Waals surface area contributed by atoms with E-state index in [0.717, 1.165) is 37.7 Å². The van der Waals surface area contributed by atoms with Gasteiger partial charge in [-0.3, -0.25) is 0 Å². The van der Waals surface area contributed by atoms with Crippen LogP contribution in [0.25, 0.3) is 0 Å². The maximum atomic E-state index is 10.1. The van der Waals surface area contributed by atoms with Gasteiger partial charge in [0.1, 0.15) is 0 Å². The van der Waals surface area contributed by atoms with E-state index in [2.05, 4.69) is 13.5 Å². The molecule has 1 aliphatic heterocycles. The molecule has 0 radical (unpaired) electrons. The molecule has 18 heavy (non-hydrogen) atoms. The Kier molecular flexibility index (Phi) is 3.60. The van der Waals surface area contributed by atoms with Crippen molar-refractivity contribution in [2.75, 3.05) is 0 Å². The molecule has 1 saturated carbocycles. The van der Waals surface area contributed by atoms with E-state index in [1.807, 2.05) is 13.8 Å². The molecule has 0 unspecified atom stereocenters. The van der Waals surface area contributed by atoms with Crippen molar-refractivity contribution >= 4 is 0 Å². The highest BCUT2D eigenvalue weighted by atomic mass is 16.5. The van der Waals surface area contributed by atoms with E-state index in [4.69, 9.17) is 4.74 Å². The number of hydrogen-bond acceptors (Lipinski definition) is 3. The maximum Gasteiger partial charge on any atom is 0.0891 e. The lowest BCUT2D eigenvalue weighted by atomic mass is 9.80. The Morgan fingerprint density at radius 1 is 1.28 bits per heavy atom. The maximum absolute atomic E-state index is 10.1. The fraction of sp³-hybridized carbons (Fsp3) is 0.867. The summed E-state index contributed by atoms with van der Waals surface area (Å²) < 4.78 is 6.13. The molecule has 0 spiro atoms. The second-order valence-corrected chi connectivity index (χ2v) is 6.82. The van der Waals surface area contributed by atoms with Gasteiger partial charge in [0, 0.05) is 0 Å². The highest BCUT2D eigenvalue weighted by Gasteiger charge is 2.45. The predicted octanol–water partition coefficient (Wildman–Crippen LogP) is 2.41. The minimum atomic E-state index is -0.492. The Morgan fingerprint density at radius 2 is 1.94 bits per heavy atom. The summed E-state index contributed by atoms with van der Waals surface area (Å²) in [7, 11) is 0. The molecule has 0 bridgehead atoms. The van der Waals surface area contributed by atoms with Crippen LogP contribution in [0.5, 0.6) is 0 Å². The molecule has 0 aromatic rings. The van der Waals surface area contributed by atoms with Crippen molar-refractivity contribution in [2.24, 2.45) is 5.92 Å². The third-order valence-corrected chi connectivity index (χ3v) is 4.65. The van der Waals surface area contributed by atoms with Gasteiger partial charge in [0.15, 0.2) is 0 Å². The zero-order valence-corrected chi connectivity index (χ0v) is 11.8. The fourth-order valence-electron chi connectivity index (χ4n) is 3.47. The second-order valence-electron chi connectivity index (χ2n) is 6.82. The van der Waals surface area contributed by atoms with E-state index >= 15 is 0 Å². The summed E-state index contributed by atoms with van der Waals surface area (Å²) in [5.74, 6) is 0.258. The smallest absolute Gasteiger partial charge is 0.0891 e. The number of hydrogen-bond donors (Lipinski definition) is 2. The largest absolute Gasteiger partial charge is 0.390 e. The van der Waals surface area contributed by atoms with Gasteiger partial charge in [-0.05, 0) is 64.4 Å². The normalized spacial score (nSPS) is 44.3. The molecule has 0 amide bonds. The highest BCUT2D eigenvalue weighted by Crippen LogP contribution is 2.43. The van der Waals surface area contributed by atoms with Crippen LogP contribution in [-0.2, 0) is 4.74 Å². The third kappa shape index (κ3) is 2.63. The summed E-state index contributed by atoms with van der Waals surface area (Å²) in [6, 6.07) is 0. The number of ether oxygens (including phenoxy) is 1. The first kappa shape index (κ1) is 14.0. The van der Waals surface area contributed by atoms with E-state index in [1.165, 1.54) is 0 Å². The van der Waals surface area contributed by atoms with Gasteiger partial charge in [-0.2, -0.15) is 0 Å². The van der Waals surface area contributed by atoms with E-state index in [0.29, 0.717) is 0 Å². The van der Waals surface area contributed by atoms with Gasteiger partial charge >= 0.3 is 0 Å². The lowest BCUT2D eigenvalue weighted by Crippen LogP contribution is -2.52. The van der Waals surface area contributed by atoms with Gasteiger partial charge in [0.25, 0.3) is 0 Å². The van der Waals surface area contributed by atoms with Crippen LogP contribution in [0.2, 0.25) is 0 Å². The number of aliphatic hydroxyl groups excluding tert-OH is 2. The van der Waals surface area contributed by atoms with Crippen LogP contribution in [0.1, 0.15) is 52.9 Å². The highest BCUT2D eigenvalue weighted by molar-refractivity contribution is 5.11. The molecule has 1 aliphatic carbocycles. The van der Waals surface area contributed by atoms with E-state index in [9.17, 15) is 10.2 Å². The standard InChI is InChI=1S/C15H26O3/c1-10-5-6-11(13(10)17)9-15(4)8-7-12(16)14(2,3)18-15/h11-13,16-17H,1,5-9H2,2-4H3/t11-,12+,13-,15-/m0/s1. The lowest BCUT2D eigenvalue weighted by molar-refractivity contribution is -0.221. The fourth-order valence-corrected chi connectivity index (χ4v) is 3.47. The zero-order valence-electron chi connectivity index (χ0n) is 11.8. The van der Waals surface area contributed by atoms with Crippen molar-refractivity contribution in [3.8, 4) is 0 Å². The molecular weight excluding hydrogens is 228 g/mol. The van der Waals surface area contributed by atoms with E-state index in [-0.39, 0.29) is 17.6 Å². The first-order valence-electron chi connectivity index (χ1n) is 6.97. The summed E-state index contributed by atoms with van der Waals surface area (Å²) in [4.78, 5) is 0. The molecular formula is C15H26O3. The average molecular weight is 254 g/mol. The lowest BCUT2D eigenvalue weighted by Gasteiger charge is -2.47. The van der Waals surface area contributed by atoms with Crippen molar-refractivity contribution < 1.29 is 14.9 Å². The summed E-state index contributed by atoms with van der Waals surface area (Å²) in [5.41, 5.74) is 0.228. The zero-order chi connectivity index (χ0) is 13.6. The van der Waals surface area contributed by atoms with Crippen molar-refractivity contribution in [1.82, 2.24) is 0 Å². The van der Waals surface area contributed by atoms with Crippen molar-refractivity contribution in [3.05, 3.63) is 12.2 Å². The molecule has 1 saturated heterocycles. The van der Waals surface area contributed by atoms with Crippen molar-refractivity contribution in [1.29, 1.82) is 0 Å². The Morgan fingerprint density at radius 3 is 2.44 bits per heavy atom. The Hall–Kier alpha value is -0.380. The monoisotopic (exact) mass is 254 g/mol.